The van der Waals surface area contributed by atoms with Gasteiger partial charge in [-0.3, -0.25) is 9.59 Å². The van der Waals surface area contributed by atoms with E-state index in [1.54, 1.807) is 25.1 Å². The Kier molecular flexibility index (Phi) is 3.23. The Balaban J connectivity index is 2.20. The van der Waals surface area contributed by atoms with Gasteiger partial charge in [-0.15, -0.1) is 0 Å². The van der Waals surface area contributed by atoms with Crippen LogP contribution in [0.2, 0.25) is 0 Å². The van der Waals surface area contributed by atoms with E-state index in [9.17, 15) is 9.59 Å². The number of carbonyl (C=O) groups excluding carboxylic acids is 2. The van der Waals surface area contributed by atoms with Gasteiger partial charge in [0, 0.05) is 11.6 Å². The summed E-state index contributed by atoms with van der Waals surface area (Å²) >= 11 is 0. The van der Waals surface area contributed by atoms with E-state index in [-0.39, 0.29) is 17.7 Å². The van der Waals surface area contributed by atoms with Crippen LogP contribution < -0.4 is 15.4 Å². The van der Waals surface area contributed by atoms with E-state index in [1.165, 1.54) is 0 Å². The van der Waals surface area contributed by atoms with Crippen LogP contribution in [-0.4, -0.2) is 17.9 Å². The predicted molar refractivity (Wildman–Crippen MR) is 68.6 cm³/mol. The van der Waals surface area contributed by atoms with E-state index in [0.717, 1.165) is 0 Å². The van der Waals surface area contributed by atoms with Crippen LogP contribution in [0.5, 0.6) is 5.75 Å². The molecule has 0 radical (unpaired) electrons. The molecule has 0 spiro atoms. The van der Waals surface area contributed by atoms with Gasteiger partial charge in [0.1, 0.15) is 5.75 Å². The van der Waals surface area contributed by atoms with Crippen molar-refractivity contribution >= 4 is 23.2 Å². The van der Waals surface area contributed by atoms with E-state index >= 15 is 0 Å². The van der Waals surface area contributed by atoms with Crippen molar-refractivity contribution in [2.45, 2.75) is 26.9 Å². The third kappa shape index (κ3) is 2.45. The van der Waals surface area contributed by atoms with Crippen molar-refractivity contribution in [3.8, 4) is 5.75 Å². The zero-order chi connectivity index (χ0) is 13.3. The number of fused-ring (bicyclic) bond motifs is 1. The largest absolute Gasteiger partial charge is 0.479 e. The molecule has 96 valence electrons. The average molecular weight is 248 g/mol. The molecule has 1 heterocycles. The lowest BCUT2D eigenvalue weighted by Gasteiger charge is -2.23. The van der Waals surface area contributed by atoms with Gasteiger partial charge < -0.3 is 15.4 Å². The first-order valence-corrected chi connectivity index (χ1v) is 5.90. The molecule has 5 heteroatoms. The highest BCUT2D eigenvalue weighted by molar-refractivity contribution is 5.99. The summed E-state index contributed by atoms with van der Waals surface area (Å²) in [6.07, 6.45) is -0.492. The number of hydrogen-bond acceptors (Lipinski definition) is 3. The Morgan fingerprint density at radius 1 is 1.44 bits per heavy atom. The van der Waals surface area contributed by atoms with Crippen LogP contribution in [-0.2, 0) is 9.59 Å². The van der Waals surface area contributed by atoms with Crippen molar-refractivity contribution in [3.63, 3.8) is 0 Å². The third-order valence-corrected chi connectivity index (χ3v) is 2.70. The van der Waals surface area contributed by atoms with Crippen LogP contribution in [0.3, 0.4) is 0 Å². The molecule has 0 saturated heterocycles. The number of benzene rings is 1. The normalized spacial score (nSPS) is 17.8. The molecule has 2 amide bonds. The van der Waals surface area contributed by atoms with Crippen molar-refractivity contribution in [2.75, 3.05) is 10.6 Å². The molecule has 0 saturated carbocycles. The molecular weight excluding hydrogens is 232 g/mol. The molecule has 1 atom stereocenters. The fraction of sp³-hybridized carbons (Fsp3) is 0.385. The van der Waals surface area contributed by atoms with Gasteiger partial charge in [0.15, 0.2) is 6.10 Å². The first-order chi connectivity index (χ1) is 8.47. The summed E-state index contributed by atoms with van der Waals surface area (Å²) in [7, 11) is 0. The summed E-state index contributed by atoms with van der Waals surface area (Å²) in [4.78, 5) is 23.0. The second-order valence-corrected chi connectivity index (χ2v) is 4.60. The Labute approximate surface area is 106 Å². The zero-order valence-electron chi connectivity index (χ0n) is 10.6. The highest BCUT2D eigenvalue weighted by Gasteiger charge is 2.23. The molecule has 0 aromatic heterocycles. The highest BCUT2D eigenvalue weighted by Crippen LogP contribution is 2.32. The minimum absolute atomic E-state index is 0.0635. The summed E-state index contributed by atoms with van der Waals surface area (Å²) in [5.41, 5.74) is 1.23. The van der Waals surface area contributed by atoms with E-state index < -0.39 is 6.10 Å². The van der Waals surface area contributed by atoms with Crippen LogP contribution in [0.4, 0.5) is 11.4 Å². The fourth-order valence-corrected chi connectivity index (χ4v) is 1.57. The zero-order valence-corrected chi connectivity index (χ0v) is 10.6. The van der Waals surface area contributed by atoms with Gasteiger partial charge in [-0.25, -0.2) is 0 Å². The molecule has 5 nitrogen and oxygen atoms in total. The first-order valence-electron chi connectivity index (χ1n) is 5.90. The number of anilines is 2. The lowest BCUT2D eigenvalue weighted by atomic mass is 10.1. The van der Waals surface area contributed by atoms with Crippen LogP contribution in [0.25, 0.3) is 0 Å². The number of carbonyl (C=O) groups is 2. The minimum atomic E-state index is -0.492. The van der Waals surface area contributed by atoms with Crippen molar-refractivity contribution in [2.24, 2.45) is 5.92 Å². The van der Waals surface area contributed by atoms with Gasteiger partial charge in [0.25, 0.3) is 5.91 Å². The molecule has 0 fully saturated rings. The van der Waals surface area contributed by atoms with Gasteiger partial charge in [0.05, 0.1) is 5.69 Å². The van der Waals surface area contributed by atoms with Crippen molar-refractivity contribution in [3.05, 3.63) is 18.2 Å². The Hall–Kier alpha value is -2.04. The second-order valence-electron chi connectivity index (χ2n) is 4.60. The molecule has 0 bridgehead atoms. The minimum Gasteiger partial charge on any atom is -0.479 e. The predicted octanol–water partition coefficient (Wildman–Crippen LogP) is 2.00. The molecule has 0 unspecified atom stereocenters. The maximum absolute atomic E-state index is 11.6. The van der Waals surface area contributed by atoms with E-state index in [1.807, 2.05) is 13.8 Å². The maximum atomic E-state index is 11.6. The van der Waals surface area contributed by atoms with Gasteiger partial charge in [0.2, 0.25) is 5.91 Å². The number of rotatable bonds is 2. The SMILES string of the molecule is CC(C)C(=O)Nc1ccc2c(c1)NC(=O)[C@H](C)O2. The molecule has 1 aliphatic heterocycles. The summed E-state index contributed by atoms with van der Waals surface area (Å²) in [5.74, 6) is 0.276. The Morgan fingerprint density at radius 3 is 2.83 bits per heavy atom. The standard InChI is InChI=1S/C13H16N2O3/c1-7(2)12(16)14-9-4-5-11-10(6-9)15-13(17)8(3)18-11/h4-8H,1-3H3,(H,14,16)(H,15,17)/t8-/m0/s1. The van der Waals surface area contributed by atoms with Gasteiger partial charge in [-0.2, -0.15) is 0 Å². The molecule has 0 aliphatic carbocycles. The Morgan fingerprint density at radius 2 is 2.17 bits per heavy atom. The molecule has 18 heavy (non-hydrogen) atoms. The van der Waals surface area contributed by atoms with Crippen molar-refractivity contribution in [1.82, 2.24) is 0 Å². The maximum Gasteiger partial charge on any atom is 0.265 e. The van der Waals surface area contributed by atoms with Crippen LogP contribution in [0, 0.1) is 5.92 Å². The summed E-state index contributed by atoms with van der Waals surface area (Å²) in [5, 5.41) is 5.51. The van der Waals surface area contributed by atoms with Gasteiger partial charge in [-0.05, 0) is 25.1 Å². The van der Waals surface area contributed by atoms with Crippen LogP contribution in [0.15, 0.2) is 18.2 Å². The van der Waals surface area contributed by atoms with Crippen LogP contribution in [0.1, 0.15) is 20.8 Å². The molecule has 2 rings (SSSR count). The summed E-state index contributed by atoms with van der Waals surface area (Å²) in [6, 6.07) is 5.18. The summed E-state index contributed by atoms with van der Waals surface area (Å²) in [6.45, 7) is 5.33. The van der Waals surface area contributed by atoms with E-state index in [0.29, 0.717) is 17.1 Å². The van der Waals surface area contributed by atoms with Gasteiger partial charge in [-0.1, -0.05) is 13.8 Å². The molecular formula is C13H16N2O3. The van der Waals surface area contributed by atoms with Gasteiger partial charge >= 0.3 is 0 Å². The fourth-order valence-electron chi connectivity index (χ4n) is 1.57. The first kappa shape index (κ1) is 12.4. The van der Waals surface area contributed by atoms with E-state index in [4.69, 9.17) is 4.74 Å². The number of amides is 2. The highest BCUT2D eigenvalue weighted by atomic mass is 16.5. The monoisotopic (exact) mass is 248 g/mol. The van der Waals surface area contributed by atoms with Crippen molar-refractivity contribution < 1.29 is 14.3 Å². The number of ether oxygens (including phenoxy) is 1. The lowest BCUT2D eigenvalue weighted by molar-refractivity contribution is -0.122. The average Bonchev–Trinajstić information content (AvgIpc) is 2.31. The lowest BCUT2D eigenvalue weighted by Crippen LogP contribution is -2.34. The summed E-state index contributed by atoms with van der Waals surface area (Å²) < 4.78 is 5.43. The molecule has 2 N–H and O–H groups in total. The third-order valence-electron chi connectivity index (χ3n) is 2.70. The van der Waals surface area contributed by atoms with E-state index in [2.05, 4.69) is 10.6 Å². The molecule has 1 aliphatic rings. The molecule has 1 aromatic rings. The second kappa shape index (κ2) is 4.68. The van der Waals surface area contributed by atoms with Crippen molar-refractivity contribution in [1.29, 1.82) is 0 Å². The number of hydrogen-bond donors (Lipinski definition) is 2. The number of nitrogens with one attached hydrogen (secondary N) is 2. The van der Waals surface area contributed by atoms with Crippen LogP contribution >= 0.6 is 0 Å². The Bertz CT molecular complexity index is 497. The molecule has 1 aromatic carbocycles. The smallest absolute Gasteiger partial charge is 0.265 e. The quantitative estimate of drug-likeness (QED) is 0.841. The topological polar surface area (TPSA) is 67.4 Å².